The van der Waals surface area contributed by atoms with Crippen LogP contribution in [0, 0.1) is 0 Å². The number of halogens is 2. The molecule has 9 heteroatoms. The SMILES string of the molecule is NC1CCC(NC(=O)C2N(C(=O)CCc3ccccc3)CCCN2C(=O)c2ccc(Cl)c(Cl)c2)CC1. The van der Waals surface area contributed by atoms with E-state index < -0.39 is 6.17 Å². The van der Waals surface area contributed by atoms with Gasteiger partial charge in [0.15, 0.2) is 6.17 Å². The Morgan fingerprint density at radius 2 is 1.61 bits per heavy atom. The van der Waals surface area contributed by atoms with Crippen molar-refractivity contribution in [1.82, 2.24) is 15.1 Å². The minimum atomic E-state index is -1.03. The van der Waals surface area contributed by atoms with Gasteiger partial charge in [-0.1, -0.05) is 53.5 Å². The molecule has 1 aliphatic carbocycles. The van der Waals surface area contributed by atoms with E-state index in [9.17, 15) is 14.4 Å². The van der Waals surface area contributed by atoms with Gasteiger partial charge in [-0.15, -0.1) is 0 Å². The van der Waals surface area contributed by atoms with Gasteiger partial charge in [-0.3, -0.25) is 14.4 Å². The van der Waals surface area contributed by atoms with Crippen molar-refractivity contribution in [2.45, 2.75) is 63.2 Å². The number of benzene rings is 2. The smallest absolute Gasteiger partial charge is 0.264 e. The zero-order chi connectivity index (χ0) is 25.7. The number of aryl methyl sites for hydroxylation is 1. The maximum atomic E-state index is 13.6. The predicted molar refractivity (Wildman–Crippen MR) is 141 cm³/mol. The summed E-state index contributed by atoms with van der Waals surface area (Å²) in [6.45, 7) is 0.765. The number of nitrogens with zero attached hydrogens (tertiary/aromatic N) is 2. The van der Waals surface area contributed by atoms with E-state index >= 15 is 0 Å². The molecule has 0 bridgehead atoms. The van der Waals surface area contributed by atoms with Crippen molar-refractivity contribution in [2.24, 2.45) is 5.73 Å². The van der Waals surface area contributed by atoms with E-state index in [2.05, 4.69) is 5.32 Å². The minimum absolute atomic E-state index is 0.0255. The lowest BCUT2D eigenvalue weighted by atomic mass is 9.91. The second-order valence-corrected chi connectivity index (χ2v) is 10.4. The quantitative estimate of drug-likeness (QED) is 0.589. The fraction of sp³-hybridized carbons (Fsp3) is 0.444. The molecule has 1 saturated heterocycles. The zero-order valence-electron chi connectivity index (χ0n) is 20.2. The maximum Gasteiger partial charge on any atom is 0.264 e. The van der Waals surface area contributed by atoms with Crippen LogP contribution in [-0.4, -0.2) is 58.9 Å². The van der Waals surface area contributed by atoms with Gasteiger partial charge >= 0.3 is 0 Å². The van der Waals surface area contributed by atoms with Crippen molar-refractivity contribution in [3.63, 3.8) is 0 Å². The van der Waals surface area contributed by atoms with Crippen LogP contribution in [0.1, 0.15) is 54.4 Å². The third-order valence-corrected chi connectivity index (χ3v) is 7.70. The lowest BCUT2D eigenvalue weighted by Gasteiger charge is -2.43. The largest absolute Gasteiger partial charge is 0.350 e. The second kappa shape index (κ2) is 12.1. The van der Waals surface area contributed by atoms with E-state index in [0.717, 1.165) is 31.2 Å². The Morgan fingerprint density at radius 1 is 0.917 bits per heavy atom. The number of amides is 3. The van der Waals surface area contributed by atoms with E-state index in [0.29, 0.717) is 36.5 Å². The van der Waals surface area contributed by atoms with Crippen LogP contribution < -0.4 is 11.1 Å². The van der Waals surface area contributed by atoms with Crippen LogP contribution >= 0.6 is 23.2 Å². The number of carbonyl (C=O) groups is 3. The van der Waals surface area contributed by atoms with E-state index in [-0.39, 0.29) is 41.2 Å². The number of hydrogen-bond donors (Lipinski definition) is 2. The van der Waals surface area contributed by atoms with Gasteiger partial charge < -0.3 is 20.9 Å². The molecule has 192 valence electrons. The summed E-state index contributed by atoms with van der Waals surface area (Å²) in [4.78, 5) is 43.6. The van der Waals surface area contributed by atoms with Crippen LogP contribution in [0.3, 0.4) is 0 Å². The maximum absolute atomic E-state index is 13.6. The Kier molecular flexibility index (Phi) is 8.88. The fourth-order valence-electron chi connectivity index (χ4n) is 4.95. The van der Waals surface area contributed by atoms with Crippen LogP contribution in [0.5, 0.6) is 0 Å². The van der Waals surface area contributed by atoms with Crippen molar-refractivity contribution in [3.8, 4) is 0 Å². The van der Waals surface area contributed by atoms with Crippen molar-refractivity contribution in [1.29, 1.82) is 0 Å². The molecule has 1 saturated carbocycles. The third kappa shape index (κ3) is 6.38. The van der Waals surface area contributed by atoms with E-state index in [1.807, 2.05) is 30.3 Å². The average molecular weight is 531 g/mol. The van der Waals surface area contributed by atoms with Crippen LogP contribution in [0.25, 0.3) is 0 Å². The number of nitrogens with two attached hydrogens (primary N) is 1. The monoisotopic (exact) mass is 530 g/mol. The molecular formula is C27H32Cl2N4O3. The van der Waals surface area contributed by atoms with Gasteiger partial charge in [0, 0.05) is 37.2 Å². The van der Waals surface area contributed by atoms with Crippen LogP contribution in [0.4, 0.5) is 0 Å². The van der Waals surface area contributed by atoms with E-state index in [1.165, 1.54) is 11.0 Å². The number of nitrogens with one attached hydrogen (secondary N) is 1. The topological polar surface area (TPSA) is 95.7 Å². The Morgan fingerprint density at radius 3 is 2.31 bits per heavy atom. The first-order valence-electron chi connectivity index (χ1n) is 12.5. The molecule has 3 N–H and O–H groups in total. The Balaban J connectivity index is 1.56. The van der Waals surface area contributed by atoms with Gasteiger partial charge in [-0.25, -0.2) is 0 Å². The first-order chi connectivity index (χ1) is 17.3. The highest BCUT2D eigenvalue weighted by molar-refractivity contribution is 6.42. The Labute approximate surface area is 221 Å². The zero-order valence-corrected chi connectivity index (χ0v) is 21.7. The van der Waals surface area contributed by atoms with Crippen molar-refractivity contribution in [3.05, 3.63) is 69.7 Å². The summed E-state index contributed by atoms with van der Waals surface area (Å²) in [6, 6.07) is 14.5. The molecule has 1 atom stereocenters. The summed E-state index contributed by atoms with van der Waals surface area (Å²) in [5, 5.41) is 3.70. The van der Waals surface area contributed by atoms with Crippen molar-refractivity contribution >= 4 is 40.9 Å². The summed E-state index contributed by atoms with van der Waals surface area (Å²) < 4.78 is 0. The lowest BCUT2D eigenvalue weighted by Crippen LogP contribution is -2.64. The molecule has 4 rings (SSSR count). The highest BCUT2D eigenvalue weighted by Crippen LogP contribution is 2.26. The van der Waals surface area contributed by atoms with Gasteiger partial charge in [0.1, 0.15) is 0 Å². The molecule has 2 aromatic carbocycles. The molecule has 1 heterocycles. The fourth-order valence-corrected chi connectivity index (χ4v) is 5.25. The molecule has 1 aliphatic heterocycles. The molecule has 36 heavy (non-hydrogen) atoms. The lowest BCUT2D eigenvalue weighted by molar-refractivity contribution is -0.149. The number of rotatable bonds is 6. The van der Waals surface area contributed by atoms with Crippen LogP contribution in [0.2, 0.25) is 10.0 Å². The predicted octanol–water partition coefficient (Wildman–Crippen LogP) is 4.01. The summed E-state index contributed by atoms with van der Waals surface area (Å²) >= 11 is 12.2. The van der Waals surface area contributed by atoms with Crippen LogP contribution in [0.15, 0.2) is 48.5 Å². The molecule has 0 spiro atoms. The van der Waals surface area contributed by atoms with Gasteiger partial charge in [0.2, 0.25) is 5.91 Å². The molecular weight excluding hydrogens is 499 g/mol. The first kappa shape index (κ1) is 26.5. The molecule has 0 radical (unpaired) electrons. The van der Waals surface area contributed by atoms with Gasteiger partial charge in [0.05, 0.1) is 10.0 Å². The van der Waals surface area contributed by atoms with E-state index in [1.54, 1.807) is 17.0 Å². The third-order valence-electron chi connectivity index (χ3n) is 6.96. The molecule has 2 fully saturated rings. The Bertz CT molecular complexity index is 1090. The summed E-state index contributed by atoms with van der Waals surface area (Å²) in [7, 11) is 0. The minimum Gasteiger partial charge on any atom is -0.350 e. The first-order valence-corrected chi connectivity index (χ1v) is 13.2. The molecule has 0 aromatic heterocycles. The highest BCUT2D eigenvalue weighted by Gasteiger charge is 2.41. The Hall–Kier alpha value is -2.61. The molecule has 7 nitrogen and oxygen atoms in total. The second-order valence-electron chi connectivity index (χ2n) is 9.55. The van der Waals surface area contributed by atoms with Crippen LogP contribution in [-0.2, 0) is 16.0 Å². The van der Waals surface area contributed by atoms with Gasteiger partial charge in [-0.05, 0) is 62.3 Å². The summed E-state index contributed by atoms with van der Waals surface area (Å²) in [5.41, 5.74) is 7.39. The average Bonchev–Trinajstić information content (AvgIpc) is 2.90. The van der Waals surface area contributed by atoms with Crippen molar-refractivity contribution in [2.75, 3.05) is 13.1 Å². The van der Waals surface area contributed by atoms with E-state index in [4.69, 9.17) is 28.9 Å². The molecule has 1 unspecified atom stereocenters. The summed E-state index contributed by atoms with van der Waals surface area (Å²) in [5.74, 6) is -0.854. The highest BCUT2D eigenvalue weighted by atomic mass is 35.5. The number of hydrogen-bond acceptors (Lipinski definition) is 4. The molecule has 2 aromatic rings. The summed E-state index contributed by atoms with van der Waals surface area (Å²) in [6.07, 6.45) is 3.59. The molecule has 3 amide bonds. The van der Waals surface area contributed by atoms with Gasteiger partial charge in [0.25, 0.3) is 11.8 Å². The van der Waals surface area contributed by atoms with Gasteiger partial charge in [-0.2, -0.15) is 0 Å². The normalized spacial score (nSPS) is 22.2. The number of carbonyl (C=O) groups excluding carboxylic acids is 3. The molecule has 2 aliphatic rings. The standard InChI is InChI=1S/C27H32Cl2N4O3/c28-22-13-8-19(17-23(22)29)27(36)33-16-4-15-32(24(34)14-7-18-5-2-1-3-6-18)26(33)25(35)31-21-11-9-20(30)10-12-21/h1-3,5-6,8,13,17,20-21,26H,4,7,9-12,14-16,30H2,(H,31,35). The van der Waals surface area contributed by atoms with Crippen molar-refractivity contribution < 1.29 is 14.4 Å².